The summed E-state index contributed by atoms with van der Waals surface area (Å²) in [6.45, 7) is 0.453. The molecule has 2 aromatic carbocycles. The van der Waals surface area contributed by atoms with Crippen LogP contribution < -0.4 is 5.73 Å². The molecular weight excluding hydrogens is 285 g/mol. The molecule has 0 aliphatic rings. The van der Waals surface area contributed by atoms with E-state index in [9.17, 15) is 4.39 Å². The number of halogens is 1. The van der Waals surface area contributed by atoms with E-state index < -0.39 is 0 Å². The summed E-state index contributed by atoms with van der Waals surface area (Å²) in [6, 6.07) is 14.3. The lowest BCUT2D eigenvalue weighted by atomic mass is 10.1. The number of hydrogen-bond acceptors (Lipinski definition) is 4. The van der Waals surface area contributed by atoms with Crippen molar-refractivity contribution in [1.82, 2.24) is 9.97 Å². The smallest absolute Gasteiger partial charge is 0.123 e. The van der Waals surface area contributed by atoms with Gasteiger partial charge in [-0.3, -0.25) is 0 Å². The van der Waals surface area contributed by atoms with E-state index in [4.69, 9.17) is 5.73 Å². The Labute approximate surface area is 126 Å². The SMILES string of the molecule is NCC(Sc1ncnc2ccccc12)c1ccc(F)cc1. The molecule has 0 radical (unpaired) electrons. The number of para-hydroxylation sites is 1. The van der Waals surface area contributed by atoms with Crippen molar-refractivity contribution in [2.45, 2.75) is 10.3 Å². The third kappa shape index (κ3) is 3.04. The highest BCUT2D eigenvalue weighted by molar-refractivity contribution is 7.99. The van der Waals surface area contributed by atoms with Crippen molar-refractivity contribution in [3.63, 3.8) is 0 Å². The third-order valence-electron chi connectivity index (χ3n) is 3.22. The topological polar surface area (TPSA) is 51.8 Å². The molecule has 2 N–H and O–H groups in total. The lowest BCUT2D eigenvalue weighted by Gasteiger charge is -2.15. The van der Waals surface area contributed by atoms with Crippen molar-refractivity contribution in [2.75, 3.05) is 6.54 Å². The molecule has 3 rings (SSSR count). The van der Waals surface area contributed by atoms with E-state index in [1.54, 1.807) is 30.2 Å². The van der Waals surface area contributed by atoms with Crippen molar-refractivity contribution in [1.29, 1.82) is 0 Å². The van der Waals surface area contributed by atoms with Gasteiger partial charge in [-0.2, -0.15) is 0 Å². The maximum Gasteiger partial charge on any atom is 0.123 e. The van der Waals surface area contributed by atoms with Crippen LogP contribution in [0.4, 0.5) is 4.39 Å². The first-order valence-corrected chi connectivity index (χ1v) is 7.48. The Morgan fingerprint density at radius 3 is 2.57 bits per heavy atom. The second-order valence-electron chi connectivity index (χ2n) is 4.59. The second kappa shape index (κ2) is 6.20. The summed E-state index contributed by atoms with van der Waals surface area (Å²) in [7, 11) is 0. The molecule has 0 saturated carbocycles. The molecule has 0 fully saturated rings. The summed E-state index contributed by atoms with van der Waals surface area (Å²) in [6.07, 6.45) is 1.56. The molecule has 3 aromatic rings. The zero-order chi connectivity index (χ0) is 14.7. The molecule has 0 aliphatic carbocycles. The third-order valence-corrected chi connectivity index (χ3v) is 4.51. The summed E-state index contributed by atoms with van der Waals surface area (Å²) in [5.74, 6) is -0.244. The first-order valence-electron chi connectivity index (χ1n) is 6.60. The Morgan fingerprint density at radius 2 is 1.81 bits per heavy atom. The van der Waals surface area contributed by atoms with Crippen LogP contribution in [0.25, 0.3) is 10.9 Å². The van der Waals surface area contributed by atoms with E-state index in [2.05, 4.69) is 9.97 Å². The molecule has 3 nitrogen and oxygen atoms in total. The summed E-state index contributed by atoms with van der Waals surface area (Å²) in [5.41, 5.74) is 7.78. The quantitative estimate of drug-likeness (QED) is 0.591. The van der Waals surface area contributed by atoms with Gasteiger partial charge in [0.1, 0.15) is 17.2 Å². The molecule has 0 spiro atoms. The molecule has 1 aromatic heterocycles. The fraction of sp³-hybridized carbons (Fsp3) is 0.125. The van der Waals surface area contributed by atoms with Crippen LogP contribution in [0.1, 0.15) is 10.8 Å². The van der Waals surface area contributed by atoms with Crippen LogP contribution >= 0.6 is 11.8 Å². The summed E-state index contributed by atoms with van der Waals surface area (Å²) < 4.78 is 13.0. The minimum Gasteiger partial charge on any atom is -0.329 e. The molecule has 1 atom stereocenters. The van der Waals surface area contributed by atoms with E-state index >= 15 is 0 Å². The standard InChI is InChI=1S/C16H14FN3S/c17-12-7-5-11(6-8-12)15(9-18)21-16-13-3-1-2-4-14(13)19-10-20-16/h1-8,10,15H,9,18H2. The van der Waals surface area contributed by atoms with Crippen LogP contribution in [0.15, 0.2) is 59.9 Å². The highest BCUT2D eigenvalue weighted by atomic mass is 32.2. The summed E-state index contributed by atoms with van der Waals surface area (Å²) in [4.78, 5) is 8.61. The first-order chi connectivity index (χ1) is 10.3. The van der Waals surface area contributed by atoms with E-state index in [1.807, 2.05) is 24.3 Å². The van der Waals surface area contributed by atoms with E-state index in [0.717, 1.165) is 21.5 Å². The number of nitrogens with zero attached hydrogens (tertiary/aromatic N) is 2. The van der Waals surface area contributed by atoms with Crippen LogP contribution in [0.2, 0.25) is 0 Å². The van der Waals surface area contributed by atoms with E-state index in [-0.39, 0.29) is 11.1 Å². The fourth-order valence-electron chi connectivity index (χ4n) is 2.14. The fourth-order valence-corrected chi connectivity index (χ4v) is 3.20. The van der Waals surface area contributed by atoms with Gasteiger partial charge in [0.2, 0.25) is 0 Å². The summed E-state index contributed by atoms with van der Waals surface area (Å²) in [5, 5.41) is 1.93. The van der Waals surface area contributed by atoms with Gasteiger partial charge in [0.15, 0.2) is 0 Å². The molecule has 21 heavy (non-hydrogen) atoms. The molecule has 0 bridgehead atoms. The van der Waals surface area contributed by atoms with Crippen LogP contribution in [-0.2, 0) is 0 Å². The molecule has 1 heterocycles. The van der Waals surface area contributed by atoms with Crippen molar-refractivity contribution in [2.24, 2.45) is 5.73 Å². The largest absolute Gasteiger partial charge is 0.329 e. The van der Waals surface area contributed by atoms with Gasteiger partial charge >= 0.3 is 0 Å². The molecule has 0 aliphatic heterocycles. The Kier molecular flexibility index (Phi) is 4.13. The Balaban J connectivity index is 1.94. The van der Waals surface area contributed by atoms with Gasteiger partial charge in [0.25, 0.3) is 0 Å². The average molecular weight is 299 g/mol. The zero-order valence-electron chi connectivity index (χ0n) is 11.2. The number of hydrogen-bond donors (Lipinski definition) is 1. The van der Waals surface area contributed by atoms with Gasteiger partial charge in [0, 0.05) is 17.2 Å². The highest BCUT2D eigenvalue weighted by Crippen LogP contribution is 2.36. The minimum atomic E-state index is -0.244. The number of benzene rings is 2. The number of thioether (sulfide) groups is 1. The minimum absolute atomic E-state index is 0.0314. The Morgan fingerprint density at radius 1 is 1.05 bits per heavy atom. The van der Waals surface area contributed by atoms with Crippen LogP contribution in [0, 0.1) is 5.82 Å². The number of rotatable bonds is 4. The monoisotopic (exact) mass is 299 g/mol. The predicted molar refractivity (Wildman–Crippen MR) is 83.6 cm³/mol. The molecule has 1 unspecified atom stereocenters. The maximum atomic E-state index is 13.0. The molecule has 0 amide bonds. The Hall–Kier alpha value is -1.98. The normalized spacial score (nSPS) is 12.5. The van der Waals surface area contributed by atoms with Crippen molar-refractivity contribution < 1.29 is 4.39 Å². The summed E-state index contributed by atoms with van der Waals surface area (Å²) >= 11 is 1.58. The van der Waals surface area contributed by atoms with E-state index in [0.29, 0.717) is 6.54 Å². The second-order valence-corrected chi connectivity index (χ2v) is 5.78. The van der Waals surface area contributed by atoms with Gasteiger partial charge in [-0.15, -0.1) is 0 Å². The number of fused-ring (bicyclic) bond motifs is 1. The molecule has 106 valence electrons. The van der Waals surface area contributed by atoms with Gasteiger partial charge in [-0.1, -0.05) is 42.1 Å². The first kappa shape index (κ1) is 14.0. The highest BCUT2D eigenvalue weighted by Gasteiger charge is 2.14. The average Bonchev–Trinajstić information content (AvgIpc) is 2.54. The number of nitrogens with two attached hydrogens (primary N) is 1. The Bertz CT molecular complexity index is 741. The van der Waals surface area contributed by atoms with Gasteiger partial charge in [-0.05, 0) is 23.8 Å². The van der Waals surface area contributed by atoms with Crippen molar-refractivity contribution >= 4 is 22.7 Å². The van der Waals surface area contributed by atoms with Crippen LogP contribution in [0.3, 0.4) is 0 Å². The number of aromatic nitrogens is 2. The zero-order valence-corrected chi connectivity index (χ0v) is 12.1. The van der Waals surface area contributed by atoms with Gasteiger partial charge in [-0.25, -0.2) is 14.4 Å². The molecular formula is C16H14FN3S. The van der Waals surface area contributed by atoms with E-state index in [1.165, 1.54) is 12.1 Å². The van der Waals surface area contributed by atoms with Gasteiger partial charge in [0.05, 0.1) is 5.52 Å². The maximum absolute atomic E-state index is 13.0. The lowest BCUT2D eigenvalue weighted by Crippen LogP contribution is -2.09. The van der Waals surface area contributed by atoms with Crippen LogP contribution in [-0.4, -0.2) is 16.5 Å². The van der Waals surface area contributed by atoms with Crippen molar-refractivity contribution in [3.8, 4) is 0 Å². The lowest BCUT2D eigenvalue weighted by molar-refractivity contribution is 0.627. The van der Waals surface area contributed by atoms with Crippen LogP contribution in [0.5, 0.6) is 0 Å². The molecule has 5 heteroatoms. The van der Waals surface area contributed by atoms with Gasteiger partial charge < -0.3 is 5.73 Å². The van der Waals surface area contributed by atoms with Crippen molar-refractivity contribution in [3.05, 3.63) is 66.2 Å². The predicted octanol–water partition coefficient (Wildman–Crippen LogP) is 3.56. The molecule has 0 saturated heterocycles.